The summed E-state index contributed by atoms with van der Waals surface area (Å²) in [5.41, 5.74) is 5.01. The van der Waals surface area contributed by atoms with Crippen molar-refractivity contribution in [1.82, 2.24) is 0 Å². The molecule has 0 fully saturated rings. The highest BCUT2D eigenvalue weighted by Gasteiger charge is 2.21. The van der Waals surface area contributed by atoms with E-state index in [4.69, 9.17) is 10.8 Å². The van der Waals surface area contributed by atoms with E-state index >= 15 is 0 Å². The summed E-state index contributed by atoms with van der Waals surface area (Å²) in [5.74, 6) is -7.65. The molecule has 1 unspecified atom stereocenters. The highest BCUT2D eigenvalue weighted by molar-refractivity contribution is 5.28. The largest absolute Gasteiger partial charge is 0.485 e. The molecular weight excluding hydrogens is 230 g/mol. The summed E-state index contributed by atoms with van der Waals surface area (Å²) >= 11 is 0. The first-order chi connectivity index (χ1) is 7.47. The predicted octanol–water partition coefficient (Wildman–Crippen LogP) is 0.941. The van der Waals surface area contributed by atoms with Gasteiger partial charge in [-0.1, -0.05) is 0 Å². The quantitative estimate of drug-likeness (QED) is 0.607. The molecular formula is C9H9F4NO2. The van der Waals surface area contributed by atoms with Crippen LogP contribution in [0.3, 0.4) is 0 Å². The molecule has 0 radical (unpaired) electrons. The Kier molecular flexibility index (Phi) is 4.08. The van der Waals surface area contributed by atoms with Gasteiger partial charge in [-0.2, -0.15) is 8.78 Å². The molecule has 0 heterocycles. The smallest absolute Gasteiger partial charge is 0.203 e. The fraction of sp³-hybridized carbons (Fsp3) is 0.333. The lowest BCUT2D eigenvalue weighted by Gasteiger charge is -2.12. The summed E-state index contributed by atoms with van der Waals surface area (Å²) in [6.45, 7) is -0.770. The Morgan fingerprint density at radius 2 is 1.69 bits per heavy atom. The monoisotopic (exact) mass is 239 g/mol. The maximum atomic E-state index is 13.0. The van der Waals surface area contributed by atoms with E-state index in [0.717, 1.165) is 0 Å². The van der Waals surface area contributed by atoms with E-state index in [1.54, 1.807) is 0 Å². The molecule has 1 aromatic carbocycles. The molecule has 0 aliphatic rings. The molecule has 3 N–H and O–H groups in total. The van der Waals surface area contributed by atoms with Crippen molar-refractivity contribution in [2.45, 2.75) is 6.10 Å². The standard InChI is InChI=1S/C9H9F4NO2/c10-5-1-6(11)8(13)9(7(5)12)16-3-4(15)2-14/h1,4,15H,2-3,14H2. The van der Waals surface area contributed by atoms with Crippen LogP contribution in [0.15, 0.2) is 6.07 Å². The van der Waals surface area contributed by atoms with E-state index in [2.05, 4.69) is 4.74 Å². The summed E-state index contributed by atoms with van der Waals surface area (Å²) in [6.07, 6.45) is -1.18. The Morgan fingerprint density at radius 3 is 2.12 bits per heavy atom. The SMILES string of the molecule is NCC(O)COc1c(F)c(F)cc(F)c1F. The maximum Gasteiger partial charge on any atom is 0.203 e. The second-order valence-electron chi connectivity index (χ2n) is 3.00. The minimum Gasteiger partial charge on any atom is -0.485 e. The number of nitrogens with two attached hydrogens (primary N) is 1. The van der Waals surface area contributed by atoms with Gasteiger partial charge < -0.3 is 15.6 Å². The maximum absolute atomic E-state index is 13.0. The molecule has 3 nitrogen and oxygen atoms in total. The van der Waals surface area contributed by atoms with Crippen molar-refractivity contribution >= 4 is 0 Å². The molecule has 16 heavy (non-hydrogen) atoms. The van der Waals surface area contributed by atoms with Crippen LogP contribution in [-0.4, -0.2) is 24.4 Å². The highest BCUT2D eigenvalue weighted by Crippen LogP contribution is 2.26. The van der Waals surface area contributed by atoms with E-state index in [0.29, 0.717) is 0 Å². The number of benzene rings is 1. The zero-order chi connectivity index (χ0) is 12.3. The second kappa shape index (κ2) is 5.13. The summed E-state index contributed by atoms with van der Waals surface area (Å²) < 4.78 is 55.7. The van der Waals surface area contributed by atoms with E-state index in [9.17, 15) is 17.6 Å². The number of halogens is 4. The fourth-order valence-corrected chi connectivity index (χ4v) is 0.926. The molecule has 1 atom stereocenters. The molecule has 0 saturated heterocycles. The third-order valence-electron chi connectivity index (χ3n) is 1.76. The van der Waals surface area contributed by atoms with E-state index in [-0.39, 0.29) is 12.6 Å². The van der Waals surface area contributed by atoms with Gasteiger partial charge in [-0.3, -0.25) is 0 Å². The normalized spacial score (nSPS) is 12.6. The summed E-state index contributed by atoms with van der Waals surface area (Å²) in [7, 11) is 0. The van der Waals surface area contributed by atoms with Crippen LogP contribution in [0.2, 0.25) is 0 Å². The van der Waals surface area contributed by atoms with Gasteiger partial charge in [0.15, 0.2) is 17.4 Å². The number of hydrogen-bond donors (Lipinski definition) is 2. The van der Waals surface area contributed by atoms with Gasteiger partial charge in [0.1, 0.15) is 12.7 Å². The Hall–Kier alpha value is -1.34. The molecule has 0 spiro atoms. The topological polar surface area (TPSA) is 55.5 Å². The molecule has 0 aromatic heterocycles. The van der Waals surface area contributed by atoms with Crippen LogP contribution in [0, 0.1) is 23.3 Å². The van der Waals surface area contributed by atoms with Gasteiger partial charge in [-0.15, -0.1) is 0 Å². The molecule has 0 aliphatic heterocycles. The minimum atomic E-state index is -1.65. The van der Waals surface area contributed by atoms with E-state index < -0.39 is 41.7 Å². The average molecular weight is 239 g/mol. The van der Waals surface area contributed by atoms with Crippen molar-refractivity contribution in [2.24, 2.45) is 5.73 Å². The van der Waals surface area contributed by atoms with E-state index in [1.165, 1.54) is 0 Å². The van der Waals surface area contributed by atoms with Gasteiger partial charge in [-0.05, 0) is 0 Å². The lowest BCUT2D eigenvalue weighted by molar-refractivity contribution is 0.107. The summed E-state index contributed by atoms with van der Waals surface area (Å²) in [6, 6.07) is 0.0664. The van der Waals surface area contributed by atoms with Gasteiger partial charge in [0.25, 0.3) is 0 Å². The minimum absolute atomic E-state index is 0.0664. The molecule has 1 rings (SSSR count). The van der Waals surface area contributed by atoms with E-state index in [1.807, 2.05) is 0 Å². The molecule has 0 bridgehead atoms. The zero-order valence-electron chi connectivity index (χ0n) is 8.01. The Bertz CT molecular complexity index is 360. The zero-order valence-corrected chi connectivity index (χ0v) is 8.01. The first-order valence-corrected chi connectivity index (χ1v) is 4.31. The van der Waals surface area contributed by atoms with Gasteiger partial charge >= 0.3 is 0 Å². The molecule has 7 heteroatoms. The van der Waals surface area contributed by atoms with Crippen LogP contribution in [0.5, 0.6) is 5.75 Å². The Labute approximate surface area is 88.4 Å². The second-order valence-corrected chi connectivity index (χ2v) is 3.00. The highest BCUT2D eigenvalue weighted by atomic mass is 19.2. The van der Waals surface area contributed by atoms with Crippen molar-refractivity contribution < 1.29 is 27.4 Å². The third-order valence-corrected chi connectivity index (χ3v) is 1.76. The van der Waals surface area contributed by atoms with Gasteiger partial charge in [-0.25, -0.2) is 8.78 Å². The Balaban J connectivity index is 2.94. The third kappa shape index (κ3) is 2.61. The van der Waals surface area contributed by atoms with Crippen LogP contribution < -0.4 is 10.5 Å². The lowest BCUT2D eigenvalue weighted by Crippen LogP contribution is -2.27. The predicted molar refractivity (Wildman–Crippen MR) is 46.8 cm³/mol. The number of aliphatic hydroxyl groups excluding tert-OH is 1. The van der Waals surface area contributed by atoms with Crippen LogP contribution in [0.25, 0.3) is 0 Å². The molecule has 1 aromatic rings. The van der Waals surface area contributed by atoms with Crippen molar-refractivity contribution in [2.75, 3.05) is 13.2 Å². The fourth-order valence-electron chi connectivity index (χ4n) is 0.926. The number of aliphatic hydroxyl groups is 1. The molecule has 90 valence electrons. The number of hydrogen-bond acceptors (Lipinski definition) is 3. The van der Waals surface area contributed by atoms with Crippen LogP contribution in [0.1, 0.15) is 0 Å². The summed E-state index contributed by atoms with van der Waals surface area (Å²) in [5, 5.41) is 8.96. The average Bonchev–Trinajstić information content (AvgIpc) is 2.26. The van der Waals surface area contributed by atoms with Gasteiger partial charge in [0.2, 0.25) is 11.6 Å². The van der Waals surface area contributed by atoms with Gasteiger partial charge in [0.05, 0.1) is 0 Å². The van der Waals surface area contributed by atoms with Crippen LogP contribution in [0.4, 0.5) is 17.6 Å². The Morgan fingerprint density at radius 1 is 1.19 bits per heavy atom. The molecule has 0 amide bonds. The van der Waals surface area contributed by atoms with Gasteiger partial charge in [0, 0.05) is 12.6 Å². The van der Waals surface area contributed by atoms with Crippen molar-refractivity contribution in [3.63, 3.8) is 0 Å². The molecule has 0 saturated carbocycles. The molecule has 0 aliphatic carbocycles. The van der Waals surface area contributed by atoms with Crippen molar-refractivity contribution in [3.8, 4) is 5.75 Å². The lowest BCUT2D eigenvalue weighted by atomic mass is 10.3. The number of rotatable bonds is 4. The first kappa shape index (κ1) is 12.7. The van der Waals surface area contributed by atoms with Crippen LogP contribution in [-0.2, 0) is 0 Å². The van der Waals surface area contributed by atoms with Crippen molar-refractivity contribution in [1.29, 1.82) is 0 Å². The first-order valence-electron chi connectivity index (χ1n) is 4.31. The van der Waals surface area contributed by atoms with Crippen LogP contribution >= 0.6 is 0 Å². The number of ether oxygens (including phenoxy) is 1. The summed E-state index contributed by atoms with van der Waals surface area (Å²) in [4.78, 5) is 0. The van der Waals surface area contributed by atoms with Crippen molar-refractivity contribution in [3.05, 3.63) is 29.3 Å².